The predicted octanol–water partition coefficient (Wildman–Crippen LogP) is 3.01. The average Bonchev–Trinajstić information content (AvgIpc) is 2.78. The fourth-order valence-electron chi connectivity index (χ4n) is 4.35. The van der Waals surface area contributed by atoms with Crippen LogP contribution >= 0.6 is 0 Å². The Balaban J connectivity index is 1.54. The smallest absolute Gasteiger partial charge is 0.250 e. The van der Waals surface area contributed by atoms with Gasteiger partial charge in [-0.25, -0.2) is 4.39 Å². The average molecular weight is 395 g/mol. The predicted molar refractivity (Wildman–Crippen MR) is 110 cm³/mol. The summed E-state index contributed by atoms with van der Waals surface area (Å²) in [5.41, 5.74) is 2.64. The minimum atomic E-state index is -0.563. The molecule has 29 heavy (non-hydrogen) atoms. The lowest BCUT2D eigenvalue weighted by Crippen LogP contribution is -2.54. The third-order valence-electron chi connectivity index (χ3n) is 5.92. The summed E-state index contributed by atoms with van der Waals surface area (Å²) < 4.78 is 14.1. The Labute approximate surface area is 170 Å². The summed E-state index contributed by atoms with van der Waals surface area (Å²) >= 11 is 0. The molecular weight excluding hydrogens is 369 g/mol. The lowest BCUT2D eigenvalue weighted by atomic mass is 9.91. The standard InChI is InChI=1S/C23H26FN3O2/c1-2-21(28)27-12-11-17-7-3-4-8-18(17)22(27)23(29)26-15-13-25(14-16-26)20-10-6-5-9-19(20)24/h3-10,22H,2,11-16H2,1H3. The Hall–Kier alpha value is -2.89. The summed E-state index contributed by atoms with van der Waals surface area (Å²) in [4.78, 5) is 31.6. The Kier molecular flexibility index (Phi) is 5.51. The number of anilines is 1. The number of benzene rings is 2. The van der Waals surface area contributed by atoms with Crippen LogP contribution in [0.1, 0.15) is 30.5 Å². The summed E-state index contributed by atoms with van der Waals surface area (Å²) in [6.07, 6.45) is 1.15. The van der Waals surface area contributed by atoms with E-state index in [1.165, 1.54) is 6.07 Å². The molecule has 0 bridgehead atoms. The van der Waals surface area contributed by atoms with Gasteiger partial charge in [0.1, 0.15) is 11.9 Å². The Morgan fingerprint density at radius 1 is 0.966 bits per heavy atom. The van der Waals surface area contributed by atoms with Crippen molar-refractivity contribution in [2.24, 2.45) is 0 Å². The SMILES string of the molecule is CCC(=O)N1CCc2ccccc2C1C(=O)N1CCN(c2ccccc2F)CC1. The van der Waals surface area contributed by atoms with Crippen LogP contribution in [-0.4, -0.2) is 54.3 Å². The van der Waals surface area contributed by atoms with E-state index in [2.05, 4.69) is 0 Å². The summed E-state index contributed by atoms with van der Waals surface area (Å²) in [6.45, 7) is 4.57. The van der Waals surface area contributed by atoms with E-state index in [4.69, 9.17) is 0 Å². The fraction of sp³-hybridized carbons (Fsp3) is 0.391. The van der Waals surface area contributed by atoms with E-state index < -0.39 is 6.04 Å². The van der Waals surface area contributed by atoms with Gasteiger partial charge in [-0.1, -0.05) is 43.3 Å². The quantitative estimate of drug-likeness (QED) is 0.803. The van der Waals surface area contributed by atoms with Gasteiger partial charge in [0.05, 0.1) is 5.69 Å². The van der Waals surface area contributed by atoms with Crippen molar-refractivity contribution in [1.82, 2.24) is 9.80 Å². The summed E-state index contributed by atoms with van der Waals surface area (Å²) in [6, 6.07) is 14.1. The van der Waals surface area contributed by atoms with E-state index in [0.29, 0.717) is 44.8 Å². The zero-order valence-corrected chi connectivity index (χ0v) is 16.7. The third kappa shape index (κ3) is 3.71. The Bertz CT molecular complexity index is 909. The Morgan fingerprint density at radius 2 is 1.66 bits per heavy atom. The molecule has 0 aromatic heterocycles. The van der Waals surface area contributed by atoms with Crippen molar-refractivity contribution in [3.05, 3.63) is 65.5 Å². The van der Waals surface area contributed by atoms with Gasteiger partial charge in [-0.3, -0.25) is 9.59 Å². The highest BCUT2D eigenvalue weighted by Gasteiger charge is 2.38. The number of rotatable bonds is 3. The van der Waals surface area contributed by atoms with Crippen LogP contribution in [-0.2, 0) is 16.0 Å². The van der Waals surface area contributed by atoms with Crippen LogP contribution in [0.2, 0.25) is 0 Å². The minimum Gasteiger partial charge on any atom is -0.366 e. The third-order valence-corrected chi connectivity index (χ3v) is 5.92. The van der Waals surface area contributed by atoms with Crippen LogP contribution in [0.15, 0.2) is 48.5 Å². The number of nitrogens with zero attached hydrogens (tertiary/aromatic N) is 3. The molecule has 0 aliphatic carbocycles. The number of piperazine rings is 1. The molecule has 0 spiro atoms. The van der Waals surface area contributed by atoms with Crippen molar-refractivity contribution < 1.29 is 14.0 Å². The second-order valence-corrected chi connectivity index (χ2v) is 7.56. The number of halogens is 1. The van der Waals surface area contributed by atoms with E-state index in [-0.39, 0.29) is 17.6 Å². The molecule has 2 aliphatic heterocycles. The van der Waals surface area contributed by atoms with Crippen molar-refractivity contribution in [1.29, 1.82) is 0 Å². The van der Waals surface area contributed by atoms with Gasteiger partial charge in [-0.2, -0.15) is 0 Å². The molecule has 6 heteroatoms. The normalized spacial score (nSPS) is 19.1. The monoisotopic (exact) mass is 395 g/mol. The van der Waals surface area contributed by atoms with Gasteiger partial charge in [0.15, 0.2) is 0 Å². The van der Waals surface area contributed by atoms with Crippen LogP contribution in [0.25, 0.3) is 0 Å². The minimum absolute atomic E-state index is 0.00263. The molecular formula is C23H26FN3O2. The van der Waals surface area contributed by atoms with Gasteiger partial charge in [-0.15, -0.1) is 0 Å². The highest BCUT2D eigenvalue weighted by molar-refractivity contribution is 5.89. The van der Waals surface area contributed by atoms with Gasteiger partial charge in [0, 0.05) is 39.1 Å². The molecule has 152 valence electrons. The van der Waals surface area contributed by atoms with Crippen LogP contribution in [0, 0.1) is 5.82 Å². The maximum absolute atomic E-state index is 14.1. The maximum atomic E-state index is 14.1. The molecule has 4 rings (SSSR count). The van der Waals surface area contributed by atoms with Gasteiger partial charge >= 0.3 is 0 Å². The molecule has 0 saturated carbocycles. The Morgan fingerprint density at radius 3 is 2.38 bits per heavy atom. The molecule has 1 unspecified atom stereocenters. The fourth-order valence-corrected chi connectivity index (χ4v) is 4.35. The zero-order chi connectivity index (χ0) is 20.4. The van der Waals surface area contributed by atoms with Gasteiger partial charge in [-0.05, 0) is 29.7 Å². The van der Waals surface area contributed by atoms with E-state index in [9.17, 15) is 14.0 Å². The second kappa shape index (κ2) is 8.23. The van der Waals surface area contributed by atoms with E-state index in [1.54, 1.807) is 17.0 Å². The molecule has 2 aromatic carbocycles. The lowest BCUT2D eigenvalue weighted by molar-refractivity contribution is -0.147. The van der Waals surface area contributed by atoms with Gasteiger partial charge in [0.2, 0.25) is 11.8 Å². The number of amides is 2. The maximum Gasteiger partial charge on any atom is 0.250 e. The first-order valence-corrected chi connectivity index (χ1v) is 10.3. The largest absolute Gasteiger partial charge is 0.366 e. The van der Waals surface area contributed by atoms with Gasteiger partial charge in [0.25, 0.3) is 0 Å². The van der Waals surface area contributed by atoms with E-state index in [0.717, 1.165) is 17.5 Å². The molecule has 0 N–H and O–H groups in total. The van der Waals surface area contributed by atoms with Crippen molar-refractivity contribution in [3.63, 3.8) is 0 Å². The van der Waals surface area contributed by atoms with Crippen molar-refractivity contribution >= 4 is 17.5 Å². The van der Waals surface area contributed by atoms with Crippen molar-refractivity contribution in [2.75, 3.05) is 37.6 Å². The first-order valence-electron chi connectivity index (χ1n) is 10.3. The van der Waals surface area contributed by atoms with Crippen molar-refractivity contribution in [2.45, 2.75) is 25.8 Å². The highest BCUT2D eigenvalue weighted by Crippen LogP contribution is 2.32. The van der Waals surface area contributed by atoms with E-state index >= 15 is 0 Å². The second-order valence-electron chi connectivity index (χ2n) is 7.56. The highest BCUT2D eigenvalue weighted by atomic mass is 19.1. The molecule has 0 radical (unpaired) electrons. The molecule has 1 fully saturated rings. The van der Waals surface area contributed by atoms with Crippen LogP contribution in [0.5, 0.6) is 0 Å². The number of hydrogen-bond acceptors (Lipinski definition) is 3. The molecule has 2 amide bonds. The topological polar surface area (TPSA) is 43.9 Å². The molecule has 1 atom stereocenters. The van der Waals surface area contributed by atoms with E-state index in [1.807, 2.05) is 47.1 Å². The lowest BCUT2D eigenvalue weighted by Gasteiger charge is -2.42. The zero-order valence-electron chi connectivity index (χ0n) is 16.7. The molecule has 1 saturated heterocycles. The van der Waals surface area contributed by atoms with Gasteiger partial charge < -0.3 is 14.7 Å². The number of hydrogen-bond donors (Lipinski definition) is 0. The molecule has 2 aromatic rings. The van der Waals surface area contributed by atoms with Crippen LogP contribution in [0.3, 0.4) is 0 Å². The van der Waals surface area contributed by atoms with Crippen molar-refractivity contribution in [3.8, 4) is 0 Å². The number of fused-ring (bicyclic) bond motifs is 1. The molecule has 2 heterocycles. The number of para-hydroxylation sites is 1. The number of carbonyl (C=O) groups is 2. The van der Waals surface area contributed by atoms with Crippen LogP contribution in [0.4, 0.5) is 10.1 Å². The summed E-state index contributed by atoms with van der Waals surface area (Å²) in [5.74, 6) is -0.275. The first kappa shape index (κ1) is 19.4. The summed E-state index contributed by atoms with van der Waals surface area (Å²) in [5, 5.41) is 0. The summed E-state index contributed by atoms with van der Waals surface area (Å²) in [7, 11) is 0. The number of carbonyl (C=O) groups excluding carboxylic acids is 2. The molecule has 5 nitrogen and oxygen atoms in total. The first-order chi connectivity index (χ1) is 14.1. The molecule has 2 aliphatic rings. The van der Waals surface area contributed by atoms with Crippen LogP contribution < -0.4 is 4.90 Å².